The first-order valence-electron chi connectivity index (χ1n) is 8.44. The number of carbonyl (C=O) groups is 1. The summed E-state index contributed by atoms with van der Waals surface area (Å²) in [6.45, 7) is 0. The Labute approximate surface area is 167 Å². The van der Waals surface area contributed by atoms with E-state index in [9.17, 15) is 4.79 Å². The number of rotatable bonds is 7. The third-order valence-electron chi connectivity index (χ3n) is 3.84. The maximum absolute atomic E-state index is 12.3. The maximum Gasteiger partial charge on any atom is 0.229 e. The van der Waals surface area contributed by atoms with Gasteiger partial charge in [-0.05, 0) is 48.0 Å². The van der Waals surface area contributed by atoms with Crippen molar-refractivity contribution in [1.29, 1.82) is 0 Å². The summed E-state index contributed by atoms with van der Waals surface area (Å²) >= 11 is 5.96. The molecule has 7 nitrogen and oxygen atoms in total. The van der Waals surface area contributed by atoms with E-state index in [1.54, 1.807) is 50.6 Å². The van der Waals surface area contributed by atoms with Crippen molar-refractivity contribution in [3.05, 3.63) is 65.2 Å². The molecule has 1 aromatic heterocycles. The Balaban J connectivity index is 1.60. The molecule has 0 saturated heterocycles. The summed E-state index contributed by atoms with van der Waals surface area (Å²) in [5, 5.41) is 14.5. The van der Waals surface area contributed by atoms with Crippen molar-refractivity contribution >= 4 is 34.8 Å². The summed E-state index contributed by atoms with van der Waals surface area (Å²) in [6, 6.07) is 16.0. The zero-order chi connectivity index (χ0) is 19.9. The van der Waals surface area contributed by atoms with Crippen LogP contribution in [-0.4, -0.2) is 30.3 Å². The van der Waals surface area contributed by atoms with Crippen LogP contribution < -0.4 is 20.1 Å². The molecule has 0 atom stereocenters. The van der Waals surface area contributed by atoms with Gasteiger partial charge in [-0.15, -0.1) is 10.2 Å². The van der Waals surface area contributed by atoms with Crippen LogP contribution in [0.15, 0.2) is 54.6 Å². The number of ether oxygens (including phenoxy) is 2. The Bertz CT molecular complexity index is 964. The zero-order valence-corrected chi connectivity index (χ0v) is 16.2. The minimum Gasteiger partial charge on any atom is -0.493 e. The molecular weight excluding hydrogens is 380 g/mol. The highest BCUT2D eigenvalue weighted by molar-refractivity contribution is 6.30. The topological polar surface area (TPSA) is 85.4 Å². The molecule has 0 fully saturated rings. The van der Waals surface area contributed by atoms with Gasteiger partial charge in [0.05, 0.1) is 20.6 Å². The van der Waals surface area contributed by atoms with Crippen molar-refractivity contribution in [3.63, 3.8) is 0 Å². The molecule has 2 N–H and O–H groups in total. The van der Waals surface area contributed by atoms with E-state index in [-0.39, 0.29) is 12.3 Å². The number of amides is 1. The van der Waals surface area contributed by atoms with Gasteiger partial charge in [0.1, 0.15) is 0 Å². The molecule has 0 aliphatic heterocycles. The number of aromatic nitrogens is 2. The van der Waals surface area contributed by atoms with E-state index in [0.717, 1.165) is 11.3 Å². The summed E-state index contributed by atoms with van der Waals surface area (Å²) in [4.78, 5) is 12.3. The average Bonchev–Trinajstić information content (AvgIpc) is 2.69. The quantitative estimate of drug-likeness (QED) is 0.624. The molecule has 144 valence electrons. The summed E-state index contributed by atoms with van der Waals surface area (Å²) in [5.41, 5.74) is 1.59. The van der Waals surface area contributed by atoms with Crippen LogP contribution in [0.3, 0.4) is 0 Å². The van der Waals surface area contributed by atoms with Gasteiger partial charge in [-0.1, -0.05) is 23.7 Å². The number of nitrogens with one attached hydrogen (secondary N) is 2. The lowest BCUT2D eigenvalue weighted by Gasteiger charge is -2.10. The molecule has 8 heteroatoms. The smallest absolute Gasteiger partial charge is 0.229 e. The van der Waals surface area contributed by atoms with Crippen LogP contribution in [0.25, 0.3) is 0 Å². The van der Waals surface area contributed by atoms with E-state index in [1.807, 2.05) is 18.2 Å². The normalized spacial score (nSPS) is 10.2. The summed E-state index contributed by atoms with van der Waals surface area (Å²) < 4.78 is 10.4. The van der Waals surface area contributed by atoms with Gasteiger partial charge in [0.2, 0.25) is 5.91 Å². The molecule has 1 heterocycles. The molecule has 1 amide bonds. The van der Waals surface area contributed by atoms with Gasteiger partial charge in [-0.3, -0.25) is 4.79 Å². The van der Waals surface area contributed by atoms with Crippen molar-refractivity contribution in [2.45, 2.75) is 6.42 Å². The third-order valence-corrected chi connectivity index (χ3v) is 4.08. The Morgan fingerprint density at radius 2 is 1.71 bits per heavy atom. The number of anilines is 3. The lowest BCUT2D eigenvalue weighted by molar-refractivity contribution is -0.115. The molecule has 3 aromatic rings. The SMILES string of the molecule is COc1ccc(CC(=O)Nc2ccc(Nc3cccc(Cl)c3)nn2)cc1OC. The number of methoxy groups -OCH3 is 2. The predicted molar refractivity (Wildman–Crippen MR) is 109 cm³/mol. The van der Waals surface area contributed by atoms with Gasteiger partial charge in [-0.25, -0.2) is 0 Å². The molecule has 0 radical (unpaired) electrons. The van der Waals surface area contributed by atoms with Gasteiger partial charge in [-0.2, -0.15) is 0 Å². The standard InChI is InChI=1S/C20H19ClN4O3/c1-27-16-7-6-13(10-17(16)28-2)11-20(26)23-19-9-8-18(24-25-19)22-15-5-3-4-14(21)12-15/h3-10,12H,11H2,1-2H3,(H,22,24)(H,23,25,26). The molecule has 0 aliphatic carbocycles. The van der Waals surface area contributed by atoms with Crippen molar-refractivity contribution in [2.75, 3.05) is 24.9 Å². The minimum absolute atomic E-state index is 0.171. The maximum atomic E-state index is 12.3. The van der Waals surface area contributed by atoms with E-state index in [0.29, 0.717) is 28.2 Å². The predicted octanol–water partition coefficient (Wildman–Crippen LogP) is 4.07. The highest BCUT2D eigenvalue weighted by atomic mass is 35.5. The number of benzene rings is 2. The molecule has 0 aliphatic rings. The van der Waals surface area contributed by atoms with Gasteiger partial charge >= 0.3 is 0 Å². The molecule has 0 saturated carbocycles. The number of halogens is 1. The lowest BCUT2D eigenvalue weighted by Crippen LogP contribution is -2.15. The lowest BCUT2D eigenvalue weighted by atomic mass is 10.1. The fourth-order valence-corrected chi connectivity index (χ4v) is 2.73. The Morgan fingerprint density at radius 1 is 0.964 bits per heavy atom. The summed E-state index contributed by atoms with van der Waals surface area (Å²) in [6.07, 6.45) is 0.171. The van der Waals surface area contributed by atoms with Crippen molar-refractivity contribution in [2.24, 2.45) is 0 Å². The van der Waals surface area contributed by atoms with Gasteiger partial charge in [0, 0.05) is 10.7 Å². The molecule has 0 unspecified atom stereocenters. The second kappa shape index (κ2) is 9.05. The average molecular weight is 399 g/mol. The fraction of sp³-hybridized carbons (Fsp3) is 0.150. The molecule has 0 spiro atoms. The van der Waals surface area contributed by atoms with E-state index in [1.165, 1.54) is 0 Å². The monoisotopic (exact) mass is 398 g/mol. The number of carbonyl (C=O) groups excluding carboxylic acids is 1. The van der Waals surface area contributed by atoms with Crippen LogP contribution >= 0.6 is 11.6 Å². The second-order valence-corrected chi connectivity index (χ2v) is 6.29. The Hall–Kier alpha value is -3.32. The molecule has 0 bridgehead atoms. The van der Waals surface area contributed by atoms with Gasteiger partial charge < -0.3 is 20.1 Å². The number of nitrogens with zero attached hydrogens (tertiary/aromatic N) is 2. The highest BCUT2D eigenvalue weighted by Crippen LogP contribution is 2.27. The van der Waals surface area contributed by atoms with Crippen LogP contribution in [0.1, 0.15) is 5.56 Å². The summed E-state index contributed by atoms with van der Waals surface area (Å²) in [5.74, 6) is 1.88. The van der Waals surface area contributed by atoms with E-state index in [4.69, 9.17) is 21.1 Å². The van der Waals surface area contributed by atoms with Gasteiger partial charge in [0.15, 0.2) is 23.1 Å². The third kappa shape index (κ3) is 5.11. The highest BCUT2D eigenvalue weighted by Gasteiger charge is 2.09. The minimum atomic E-state index is -0.211. The van der Waals surface area contributed by atoms with Crippen LogP contribution in [0.5, 0.6) is 11.5 Å². The largest absolute Gasteiger partial charge is 0.493 e. The Kier molecular flexibility index (Phi) is 6.29. The first-order valence-corrected chi connectivity index (χ1v) is 8.82. The number of hydrogen-bond donors (Lipinski definition) is 2. The van der Waals surface area contributed by atoms with Crippen molar-refractivity contribution < 1.29 is 14.3 Å². The molecule has 2 aromatic carbocycles. The van der Waals surface area contributed by atoms with Crippen LogP contribution in [-0.2, 0) is 11.2 Å². The summed E-state index contributed by atoms with van der Waals surface area (Å²) in [7, 11) is 3.12. The zero-order valence-electron chi connectivity index (χ0n) is 15.4. The van der Waals surface area contributed by atoms with Crippen LogP contribution in [0.2, 0.25) is 5.02 Å². The molecule has 28 heavy (non-hydrogen) atoms. The van der Waals surface area contributed by atoms with E-state index < -0.39 is 0 Å². The fourth-order valence-electron chi connectivity index (χ4n) is 2.54. The first kappa shape index (κ1) is 19.4. The van der Waals surface area contributed by atoms with Gasteiger partial charge in [0.25, 0.3) is 0 Å². The van der Waals surface area contributed by atoms with Crippen LogP contribution in [0.4, 0.5) is 17.3 Å². The Morgan fingerprint density at radius 3 is 2.39 bits per heavy atom. The van der Waals surface area contributed by atoms with Crippen LogP contribution in [0, 0.1) is 0 Å². The van der Waals surface area contributed by atoms with Crippen molar-refractivity contribution in [1.82, 2.24) is 10.2 Å². The molecule has 3 rings (SSSR count). The van der Waals surface area contributed by atoms with Crippen molar-refractivity contribution in [3.8, 4) is 11.5 Å². The number of hydrogen-bond acceptors (Lipinski definition) is 6. The van der Waals surface area contributed by atoms with E-state index >= 15 is 0 Å². The van der Waals surface area contributed by atoms with E-state index in [2.05, 4.69) is 20.8 Å². The second-order valence-electron chi connectivity index (χ2n) is 5.85. The molecular formula is C20H19ClN4O3. The first-order chi connectivity index (χ1) is 13.6.